The van der Waals surface area contributed by atoms with Crippen molar-refractivity contribution in [3.63, 3.8) is 0 Å². The summed E-state index contributed by atoms with van der Waals surface area (Å²) in [6.45, 7) is 1.84. The quantitative estimate of drug-likeness (QED) is 0.849. The molecule has 1 aromatic heterocycles. The predicted molar refractivity (Wildman–Crippen MR) is 74.2 cm³/mol. The average Bonchev–Trinajstić information content (AvgIpc) is 2.53. The Labute approximate surface area is 122 Å². The van der Waals surface area contributed by atoms with Gasteiger partial charge in [0, 0.05) is 18.8 Å². The molecule has 0 bridgehead atoms. The number of allylic oxidation sites excluding steroid dienone is 2. The highest BCUT2D eigenvalue weighted by atomic mass is 16.5. The summed E-state index contributed by atoms with van der Waals surface area (Å²) in [5, 5.41) is 9.36. The first kappa shape index (κ1) is 14.6. The van der Waals surface area contributed by atoms with Gasteiger partial charge in [0.25, 0.3) is 0 Å². The summed E-state index contributed by atoms with van der Waals surface area (Å²) < 4.78 is 10.3. The average molecular weight is 285 g/mol. The number of methoxy groups -OCH3 is 1. The molecule has 1 aliphatic heterocycles. The van der Waals surface area contributed by atoms with Crippen molar-refractivity contribution in [3.8, 4) is 6.07 Å². The third-order valence-corrected chi connectivity index (χ3v) is 3.24. The summed E-state index contributed by atoms with van der Waals surface area (Å²) in [6, 6.07) is 5.53. The van der Waals surface area contributed by atoms with Crippen LogP contribution in [0.2, 0.25) is 0 Å². The molecule has 2 N–H and O–H groups in total. The first-order valence-corrected chi connectivity index (χ1v) is 6.42. The Balaban J connectivity index is 2.66. The lowest BCUT2D eigenvalue weighted by atomic mass is 9.83. The number of esters is 1. The summed E-state index contributed by atoms with van der Waals surface area (Å²) in [5.41, 5.74) is 6.97. The zero-order valence-corrected chi connectivity index (χ0v) is 11.8. The number of carbonyl (C=O) groups excluding carboxylic acids is 1. The Morgan fingerprint density at radius 2 is 2.38 bits per heavy atom. The minimum atomic E-state index is -0.625. The molecule has 0 radical (unpaired) electrons. The lowest BCUT2D eigenvalue weighted by Gasteiger charge is -2.27. The van der Waals surface area contributed by atoms with Crippen molar-refractivity contribution in [1.29, 1.82) is 5.26 Å². The second kappa shape index (κ2) is 6.09. The number of ether oxygens (including phenoxy) is 2. The lowest BCUT2D eigenvalue weighted by molar-refractivity contribution is -0.136. The number of carbonyl (C=O) groups is 1. The van der Waals surface area contributed by atoms with Crippen LogP contribution in [-0.2, 0) is 14.3 Å². The van der Waals surface area contributed by atoms with Crippen molar-refractivity contribution in [3.05, 3.63) is 52.9 Å². The van der Waals surface area contributed by atoms with Gasteiger partial charge in [0.1, 0.15) is 17.4 Å². The molecule has 21 heavy (non-hydrogen) atoms. The third kappa shape index (κ3) is 2.58. The molecule has 2 heterocycles. The molecule has 0 saturated heterocycles. The highest BCUT2D eigenvalue weighted by molar-refractivity contribution is 5.92. The third-order valence-electron chi connectivity index (χ3n) is 3.24. The monoisotopic (exact) mass is 285 g/mol. The van der Waals surface area contributed by atoms with Crippen LogP contribution in [0.15, 0.2) is 47.3 Å². The molecule has 0 aromatic carbocycles. The maximum Gasteiger partial charge on any atom is 0.338 e. The van der Waals surface area contributed by atoms with Crippen molar-refractivity contribution < 1.29 is 14.3 Å². The summed E-state index contributed by atoms with van der Waals surface area (Å²) >= 11 is 0. The Morgan fingerprint density at radius 1 is 1.62 bits per heavy atom. The first-order chi connectivity index (χ1) is 10.1. The molecule has 6 heteroatoms. The van der Waals surface area contributed by atoms with Crippen LogP contribution in [0.5, 0.6) is 0 Å². The van der Waals surface area contributed by atoms with E-state index >= 15 is 0 Å². The fourth-order valence-corrected chi connectivity index (χ4v) is 2.29. The topological polar surface area (TPSA) is 98.2 Å². The van der Waals surface area contributed by atoms with E-state index in [0.29, 0.717) is 23.3 Å². The number of nitrogens with two attached hydrogens (primary N) is 1. The minimum absolute atomic E-state index is 0.0101. The second-order valence-electron chi connectivity index (χ2n) is 4.39. The van der Waals surface area contributed by atoms with Crippen molar-refractivity contribution in [1.82, 2.24) is 4.98 Å². The van der Waals surface area contributed by atoms with Crippen molar-refractivity contribution in [2.24, 2.45) is 5.73 Å². The van der Waals surface area contributed by atoms with E-state index in [-0.39, 0.29) is 11.5 Å². The van der Waals surface area contributed by atoms with Gasteiger partial charge in [-0.2, -0.15) is 5.26 Å². The fraction of sp³-hybridized carbons (Fsp3) is 0.267. The molecule has 1 aromatic rings. The maximum absolute atomic E-state index is 12.1. The standard InChI is InChI=1S/C15H15N3O3/c1-3-11-13(15(19)20-2)12(9-5-4-6-18-8-9)10(7-16)14(17)21-11/h4-6,8,12H,3,17H2,1-2H3/t12-/m1/s1. The van der Waals surface area contributed by atoms with E-state index in [9.17, 15) is 10.1 Å². The number of hydrogen-bond donors (Lipinski definition) is 1. The van der Waals surface area contributed by atoms with Gasteiger partial charge < -0.3 is 15.2 Å². The molecule has 0 aliphatic carbocycles. The summed E-state index contributed by atoms with van der Waals surface area (Å²) in [4.78, 5) is 16.2. The second-order valence-corrected chi connectivity index (χ2v) is 4.39. The van der Waals surface area contributed by atoms with Gasteiger partial charge in [-0.15, -0.1) is 0 Å². The SMILES string of the molecule is CCC1=C(C(=O)OC)[C@H](c2cccnc2)C(C#N)=C(N)O1. The van der Waals surface area contributed by atoms with E-state index in [1.807, 2.05) is 13.0 Å². The highest BCUT2D eigenvalue weighted by Gasteiger charge is 2.36. The van der Waals surface area contributed by atoms with Crippen LogP contribution < -0.4 is 5.73 Å². The van der Waals surface area contributed by atoms with Gasteiger partial charge >= 0.3 is 5.97 Å². The summed E-state index contributed by atoms with van der Waals surface area (Å²) in [5.74, 6) is -0.746. The van der Waals surface area contributed by atoms with Crippen LogP contribution in [-0.4, -0.2) is 18.1 Å². The Hall–Kier alpha value is -2.81. The number of nitrogens with zero attached hydrogens (tertiary/aromatic N) is 2. The van der Waals surface area contributed by atoms with E-state index in [0.717, 1.165) is 0 Å². The van der Waals surface area contributed by atoms with Gasteiger partial charge in [0.05, 0.1) is 18.6 Å². The van der Waals surface area contributed by atoms with Crippen LogP contribution in [0.25, 0.3) is 0 Å². The van der Waals surface area contributed by atoms with Crippen LogP contribution in [0, 0.1) is 11.3 Å². The molecule has 1 aliphatic rings. The Kier molecular flexibility index (Phi) is 4.24. The molecule has 6 nitrogen and oxygen atoms in total. The van der Waals surface area contributed by atoms with Crippen LogP contribution in [0.4, 0.5) is 0 Å². The molecule has 1 atom stereocenters. The smallest absolute Gasteiger partial charge is 0.338 e. The fourth-order valence-electron chi connectivity index (χ4n) is 2.29. The zero-order valence-electron chi connectivity index (χ0n) is 11.8. The zero-order chi connectivity index (χ0) is 15.4. The number of nitriles is 1. The highest BCUT2D eigenvalue weighted by Crippen LogP contribution is 2.39. The van der Waals surface area contributed by atoms with E-state index in [2.05, 4.69) is 4.98 Å². The van der Waals surface area contributed by atoms with E-state index in [1.54, 1.807) is 24.5 Å². The molecule has 0 fully saturated rings. The van der Waals surface area contributed by atoms with Crippen LogP contribution in [0.1, 0.15) is 24.8 Å². The Morgan fingerprint density at radius 3 is 2.90 bits per heavy atom. The van der Waals surface area contributed by atoms with Gasteiger partial charge in [-0.25, -0.2) is 4.79 Å². The maximum atomic E-state index is 12.1. The van der Waals surface area contributed by atoms with Gasteiger partial charge in [-0.05, 0) is 11.6 Å². The molecule has 0 amide bonds. The number of pyridine rings is 1. The van der Waals surface area contributed by atoms with Crippen molar-refractivity contribution in [2.75, 3.05) is 7.11 Å². The molecular formula is C15H15N3O3. The van der Waals surface area contributed by atoms with Crippen LogP contribution in [0.3, 0.4) is 0 Å². The van der Waals surface area contributed by atoms with E-state index in [1.165, 1.54) is 7.11 Å². The number of hydrogen-bond acceptors (Lipinski definition) is 6. The first-order valence-electron chi connectivity index (χ1n) is 6.42. The normalized spacial score (nSPS) is 18.0. The number of rotatable bonds is 3. The van der Waals surface area contributed by atoms with Gasteiger partial charge in [0.15, 0.2) is 0 Å². The summed E-state index contributed by atoms with van der Waals surface area (Å²) in [7, 11) is 1.29. The minimum Gasteiger partial charge on any atom is -0.466 e. The molecule has 2 rings (SSSR count). The van der Waals surface area contributed by atoms with Gasteiger partial charge in [0.2, 0.25) is 5.88 Å². The lowest BCUT2D eigenvalue weighted by Crippen LogP contribution is -2.25. The largest absolute Gasteiger partial charge is 0.466 e. The van der Waals surface area contributed by atoms with Crippen LogP contribution >= 0.6 is 0 Å². The molecule has 0 saturated carbocycles. The molecular weight excluding hydrogens is 270 g/mol. The molecule has 108 valence electrons. The number of aromatic nitrogens is 1. The van der Waals surface area contributed by atoms with Gasteiger partial charge in [-0.3, -0.25) is 4.98 Å². The van der Waals surface area contributed by atoms with Gasteiger partial charge in [-0.1, -0.05) is 13.0 Å². The molecule has 0 unspecified atom stereocenters. The molecule has 0 spiro atoms. The van der Waals surface area contributed by atoms with Crippen molar-refractivity contribution >= 4 is 5.97 Å². The Bertz CT molecular complexity index is 656. The van der Waals surface area contributed by atoms with Crippen molar-refractivity contribution in [2.45, 2.75) is 19.3 Å². The van der Waals surface area contributed by atoms with E-state index in [4.69, 9.17) is 15.2 Å². The van der Waals surface area contributed by atoms with E-state index < -0.39 is 11.9 Å². The summed E-state index contributed by atoms with van der Waals surface area (Å²) in [6.07, 6.45) is 3.67. The predicted octanol–water partition coefficient (Wildman–Crippen LogP) is 1.73.